The first kappa shape index (κ1) is 19.4. The molecule has 0 spiro atoms. The third-order valence-electron chi connectivity index (χ3n) is 4.44. The third kappa shape index (κ3) is 6.15. The van der Waals surface area contributed by atoms with Crippen molar-refractivity contribution in [2.45, 2.75) is 33.4 Å². The van der Waals surface area contributed by atoms with Gasteiger partial charge in [0.05, 0.1) is 12.8 Å². The fourth-order valence-electron chi connectivity index (χ4n) is 3.03. The molecule has 0 atom stereocenters. The van der Waals surface area contributed by atoms with Crippen LogP contribution in [0.4, 0.5) is 0 Å². The Morgan fingerprint density at radius 3 is 2.44 bits per heavy atom. The highest BCUT2D eigenvalue weighted by molar-refractivity contribution is 5.41. The number of pyridine rings is 1. The summed E-state index contributed by atoms with van der Waals surface area (Å²) >= 11 is 0. The molecule has 4 nitrogen and oxygen atoms in total. The second-order valence-corrected chi connectivity index (χ2v) is 6.94. The Bertz CT molecular complexity index is 656. The molecule has 0 amide bonds. The lowest BCUT2D eigenvalue weighted by molar-refractivity contribution is 0.236. The summed E-state index contributed by atoms with van der Waals surface area (Å²) in [5.74, 6) is 0.963. The molecule has 4 heteroatoms. The normalized spacial score (nSPS) is 11.3. The van der Waals surface area contributed by atoms with Crippen molar-refractivity contribution in [1.82, 2.24) is 14.8 Å². The Morgan fingerprint density at radius 2 is 1.80 bits per heavy atom. The first-order chi connectivity index (χ1) is 12.0. The van der Waals surface area contributed by atoms with Crippen LogP contribution in [0.1, 0.15) is 28.8 Å². The topological polar surface area (TPSA) is 28.6 Å². The van der Waals surface area contributed by atoms with Gasteiger partial charge in [0.15, 0.2) is 0 Å². The van der Waals surface area contributed by atoms with Crippen LogP contribution in [-0.4, -0.2) is 49.1 Å². The number of ether oxygens (including phenoxy) is 1. The number of hydrogen-bond acceptors (Lipinski definition) is 4. The molecule has 136 valence electrons. The number of aryl methyl sites for hydroxylation is 2. The average Bonchev–Trinajstić information content (AvgIpc) is 2.58. The first-order valence-electron chi connectivity index (χ1n) is 8.90. The monoisotopic (exact) mass is 341 g/mol. The van der Waals surface area contributed by atoms with Gasteiger partial charge in [0, 0.05) is 25.8 Å². The van der Waals surface area contributed by atoms with Crippen LogP contribution in [0.2, 0.25) is 0 Å². The summed E-state index contributed by atoms with van der Waals surface area (Å²) in [6, 6.07) is 10.5. The standard InChI is InChI=1S/C21H31N3O/c1-17-14-21(25-5)18(2)13-19(17)15-24(12-8-11-23(3)4)16-20-9-6-7-10-22-20/h6-7,9-10,13-14H,8,11-12,15-16H2,1-5H3. The van der Waals surface area contributed by atoms with Gasteiger partial charge in [-0.1, -0.05) is 12.1 Å². The van der Waals surface area contributed by atoms with Gasteiger partial charge in [0.1, 0.15) is 5.75 Å². The third-order valence-corrected chi connectivity index (χ3v) is 4.44. The fourth-order valence-corrected chi connectivity index (χ4v) is 3.03. The Balaban J connectivity index is 2.13. The quantitative estimate of drug-likeness (QED) is 0.696. The average molecular weight is 341 g/mol. The van der Waals surface area contributed by atoms with Crippen molar-refractivity contribution >= 4 is 0 Å². The van der Waals surface area contributed by atoms with E-state index >= 15 is 0 Å². The van der Waals surface area contributed by atoms with Crippen molar-refractivity contribution in [3.63, 3.8) is 0 Å². The van der Waals surface area contributed by atoms with E-state index in [1.54, 1.807) is 7.11 Å². The highest BCUT2D eigenvalue weighted by Gasteiger charge is 2.12. The molecule has 0 aliphatic carbocycles. The molecule has 0 fully saturated rings. The zero-order valence-electron chi connectivity index (χ0n) is 16.2. The summed E-state index contributed by atoms with van der Waals surface area (Å²) in [6.45, 7) is 8.23. The van der Waals surface area contributed by atoms with Crippen LogP contribution in [0.15, 0.2) is 36.5 Å². The second-order valence-electron chi connectivity index (χ2n) is 6.94. The molecule has 2 rings (SSSR count). The van der Waals surface area contributed by atoms with Crippen molar-refractivity contribution in [2.24, 2.45) is 0 Å². The van der Waals surface area contributed by atoms with Gasteiger partial charge in [-0.3, -0.25) is 9.88 Å². The largest absolute Gasteiger partial charge is 0.496 e. The summed E-state index contributed by atoms with van der Waals surface area (Å²) < 4.78 is 5.44. The molecular formula is C21H31N3O. The Kier molecular flexibility index (Phi) is 7.41. The number of nitrogens with zero attached hydrogens (tertiary/aromatic N) is 3. The van der Waals surface area contributed by atoms with E-state index in [9.17, 15) is 0 Å². The number of aromatic nitrogens is 1. The molecular weight excluding hydrogens is 310 g/mol. The van der Waals surface area contributed by atoms with E-state index in [2.05, 4.69) is 67.0 Å². The molecule has 0 saturated carbocycles. The molecule has 1 heterocycles. The minimum Gasteiger partial charge on any atom is -0.496 e. The molecule has 0 N–H and O–H groups in total. The predicted molar refractivity (Wildman–Crippen MR) is 104 cm³/mol. The maximum atomic E-state index is 5.44. The van der Waals surface area contributed by atoms with E-state index in [1.165, 1.54) is 16.7 Å². The molecule has 0 unspecified atom stereocenters. The van der Waals surface area contributed by atoms with Crippen molar-refractivity contribution in [3.05, 3.63) is 58.9 Å². The molecule has 1 aromatic heterocycles. The minimum absolute atomic E-state index is 0.874. The van der Waals surface area contributed by atoms with Crippen LogP contribution in [0.25, 0.3) is 0 Å². The Morgan fingerprint density at radius 1 is 1.00 bits per heavy atom. The van der Waals surface area contributed by atoms with Crippen molar-refractivity contribution in [1.29, 1.82) is 0 Å². The molecule has 0 aliphatic rings. The molecule has 1 aromatic carbocycles. The van der Waals surface area contributed by atoms with Crippen molar-refractivity contribution in [2.75, 3.05) is 34.3 Å². The van der Waals surface area contributed by atoms with Gasteiger partial charge in [-0.15, -0.1) is 0 Å². The van der Waals surface area contributed by atoms with Crippen LogP contribution in [-0.2, 0) is 13.1 Å². The molecule has 0 aliphatic heterocycles. The maximum Gasteiger partial charge on any atom is 0.122 e. The number of rotatable bonds is 9. The van der Waals surface area contributed by atoms with Crippen LogP contribution in [0.5, 0.6) is 5.75 Å². The molecule has 2 aromatic rings. The molecule has 0 bridgehead atoms. The van der Waals surface area contributed by atoms with Crippen LogP contribution in [0, 0.1) is 13.8 Å². The minimum atomic E-state index is 0.874. The van der Waals surface area contributed by atoms with E-state index in [-0.39, 0.29) is 0 Å². The summed E-state index contributed by atoms with van der Waals surface area (Å²) in [5.41, 5.74) is 4.95. The summed E-state index contributed by atoms with van der Waals surface area (Å²) in [5, 5.41) is 0. The molecule has 0 radical (unpaired) electrons. The number of hydrogen-bond donors (Lipinski definition) is 0. The van der Waals surface area contributed by atoms with Crippen LogP contribution >= 0.6 is 0 Å². The Hall–Kier alpha value is -1.91. The van der Waals surface area contributed by atoms with Crippen LogP contribution in [0.3, 0.4) is 0 Å². The zero-order valence-corrected chi connectivity index (χ0v) is 16.2. The van der Waals surface area contributed by atoms with E-state index in [1.807, 2.05) is 12.3 Å². The Labute approximate surface area is 152 Å². The van der Waals surface area contributed by atoms with Gasteiger partial charge < -0.3 is 9.64 Å². The fraction of sp³-hybridized carbons (Fsp3) is 0.476. The smallest absolute Gasteiger partial charge is 0.122 e. The van der Waals surface area contributed by atoms with Crippen molar-refractivity contribution < 1.29 is 4.74 Å². The first-order valence-corrected chi connectivity index (χ1v) is 8.90. The predicted octanol–water partition coefficient (Wildman–Crippen LogP) is 3.66. The van der Waals surface area contributed by atoms with E-state index in [0.29, 0.717) is 0 Å². The van der Waals surface area contributed by atoms with E-state index < -0.39 is 0 Å². The van der Waals surface area contributed by atoms with Gasteiger partial charge in [-0.2, -0.15) is 0 Å². The molecule has 25 heavy (non-hydrogen) atoms. The SMILES string of the molecule is COc1cc(C)c(CN(CCCN(C)C)Cc2ccccn2)cc1C. The lowest BCUT2D eigenvalue weighted by atomic mass is 10.0. The number of methoxy groups -OCH3 is 1. The van der Waals surface area contributed by atoms with E-state index in [0.717, 1.165) is 44.0 Å². The van der Waals surface area contributed by atoms with Gasteiger partial charge in [-0.25, -0.2) is 0 Å². The van der Waals surface area contributed by atoms with Crippen LogP contribution < -0.4 is 4.74 Å². The van der Waals surface area contributed by atoms with Gasteiger partial charge in [0.25, 0.3) is 0 Å². The second kappa shape index (κ2) is 9.54. The van der Waals surface area contributed by atoms with Crippen molar-refractivity contribution in [3.8, 4) is 5.75 Å². The summed E-state index contributed by atoms with van der Waals surface area (Å²) in [4.78, 5) is 9.22. The zero-order chi connectivity index (χ0) is 18.2. The summed E-state index contributed by atoms with van der Waals surface area (Å²) in [7, 11) is 5.98. The molecule has 0 saturated heterocycles. The number of benzene rings is 1. The lowest BCUT2D eigenvalue weighted by Crippen LogP contribution is -2.27. The maximum absolute atomic E-state index is 5.44. The van der Waals surface area contributed by atoms with Gasteiger partial charge >= 0.3 is 0 Å². The van der Waals surface area contributed by atoms with Gasteiger partial charge in [0.2, 0.25) is 0 Å². The van der Waals surface area contributed by atoms with E-state index in [4.69, 9.17) is 4.74 Å². The van der Waals surface area contributed by atoms with Gasteiger partial charge in [-0.05, 0) is 75.8 Å². The summed E-state index contributed by atoms with van der Waals surface area (Å²) in [6.07, 6.45) is 3.02. The lowest BCUT2D eigenvalue weighted by Gasteiger charge is -2.24. The highest BCUT2D eigenvalue weighted by Crippen LogP contribution is 2.24. The highest BCUT2D eigenvalue weighted by atomic mass is 16.5.